The molecule has 0 spiro atoms. The fraction of sp³-hybridized carbons (Fsp3) is 0.389. The van der Waals surface area contributed by atoms with Crippen molar-refractivity contribution >= 4 is 5.91 Å². The average Bonchev–Trinajstić information content (AvgIpc) is 3.04. The lowest BCUT2D eigenvalue weighted by Gasteiger charge is -2.15. The van der Waals surface area contributed by atoms with Crippen LogP contribution in [0.4, 0.5) is 4.39 Å². The van der Waals surface area contributed by atoms with E-state index in [4.69, 9.17) is 4.42 Å². The summed E-state index contributed by atoms with van der Waals surface area (Å²) in [5.41, 5.74) is 0.866. The lowest BCUT2D eigenvalue weighted by atomic mass is 9.93. The third kappa shape index (κ3) is 5.53. The standard InChI is InChI=1S/C18H23FN2O2/c1-21(2)11-4-10-20-18(22)13-16(17-5-3-12-23-17)14-6-8-15(19)9-7-14/h3,5-9,12,16H,4,10-11,13H2,1-2H3,(H,20,22)/t16-/m0/s1. The summed E-state index contributed by atoms with van der Waals surface area (Å²) in [6, 6.07) is 9.83. The number of hydrogen-bond donors (Lipinski definition) is 1. The minimum Gasteiger partial charge on any atom is -0.469 e. The van der Waals surface area contributed by atoms with Gasteiger partial charge in [-0.3, -0.25) is 4.79 Å². The zero-order chi connectivity index (χ0) is 16.7. The Morgan fingerprint density at radius 2 is 2.00 bits per heavy atom. The maximum absolute atomic E-state index is 13.1. The van der Waals surface area contributed by atoms with Gasteiger partial charge in [-0.1, -0.05) is 12.1 Å². The van der Waals surface area contributed by atoms with Gasteiger partial charge in [-0.2, -0.15) is 0 Å². The fourth-order valence-corrected chi connectivity index (χ4v) is 2.45. The van der Waals surface area contributed by atoms with E-state index in [1.807, 2.05) is 20.2 Å². The maximum Gasteiger partial charge on any atom is 0.221 e. The van der Waals surface area contributed by atoms with E-state index in [-0.39, 0.29) is 24.1 Å². The zero-order valence-corrected chi connectivity index (χ0v) is 13.6. The molecular formula is C18H23FN2O2. The van der Waals surface area contributed by atoms with Crippen molar-refractivity contribution in [3.63, 3.8) is 0 Å². The smallest absolute Gasteiger partial charge is 0.221 e. The van der Waals surface area contributed by atoms with Crippen molar-refractivity contribution < 1.29 is 13.6 Å². The van der Waals surface area contributed by atoms with Crippen LogP contribution in [-0.4, -0.2) is 38.0 Å². The predicted molar refractivity (Wildman–Crippen MR) is 87.7 cm³/mol. The van der Waals surface area contributed by atoms with E-state index in [0.29, 0.717) is 12.3 Å². The van der Waals surface area contributed by atoms with Crippen molar-refractivity contribution in [3.8, 4) is 0 Å². The number of rotatable bonds is 8. The second kappa shape index (κ2) is 8.48. The monoisotopic (exact) mass is 318 g/mol. The molecule has 0 unspecified atom stereocenters. The molecule has 0 saturated carbocycles. The molecule has 0 aliphatic rings. The molecule has 0 saturated heterocycles. The molecule has 0 radical (unpaired) electrons. The van der Waals surface area contributed by atoms with Gasteiger partial charge in [-0.15, -0.1) is 0 Å². The molecule has 0 aliphatic carbocycles. The molecule has 1 aromatic carbocycles. The predicted octanol–water partition coefficient (Wildman–Crippen LogP) is 3.01. The highest BCUT2D eigenvalue weighted by Gasteiger charge is 2.20. The van der Waals surface area contributed by atoms with Crippen LogP contribution in [0.15, 0.2) is 47.1 Å². The van der Waals surface area contributed by atoms with E-state index in [2.05, 4.69) is 10.2 Å². The Morgan fingerprint density at radius 3 is 2.61 bits per heavy atom. The Morgan fingerprint density at radius 1 is 1.26 bits per heavy atom. The van der Waals surface area contributed by atoms with Gasteiger partial charge < -0.3 is 14.6 Å². The van der Waals surface area contributed by atoms with E-state index < -0.39 is 0 Å². The molecule has 0 fully saturated rings. The van der Waals surface area contributed by atoms with Gasteiger partial charge in [0.25, 0.3) is 0 Å². The summed E-state index contributed by atoms with van der Waals surface area (Å²) in [5, 5.41) is 2.93. The van der Waals surface area contributed by atoms with E-state index in [1.54, 1.807) is 24.5 Å². The average molecular weight is 318 g/mol. The van der Waals surface area contributed by atoms with Crippen molar-refractivity contribution in [2.45, 2.75) is 18.8 Å². The number of carbonyl (C=O) groups excluding carboxylic acids is 1. The van der Waals surface area contributed by atoms with Gasteiger partial charge in [0.1, 0.15) is 11.6 Å². The highest BCUT2D eigenvalue weighted by atomic mass is 19.1. The van der Waals surface area contributed by atoms with Gasteiger partial charge in [0.2, 0.25) is 5.91 Å². The first-order valence-corrected chi connectivity index (χ1v) is 7.76. The van der Waals surface area contributed by atoms with Crippen LogP contribution in [0.3, 0.4) is 0 Å². The van der Waals surface area contributed by atoms with Crippen LogP contribution in [0.2, 0.25) is 0 Å². The summed E-state index contributed by atoms with van der Waals surface area (Å²) in [7, 11) is 4.01. The van der Waals surface area contributed by atoms with Gasteiger partial charge >= 0.3 is 0 Å². The summed E-state index contributed by atoms with van der Waals surface area (Å²) >= 11 is 0. The topological polar surface area (TPSA) is 45.5 Å². The highest BCUT2D eigenvalue weighted by Crippen LogP contribution is 2.28. The van der Waals surface area contributed by atoms with Gasteiger partial charge in [0.15, 0.2) is 0 Å². The number of nitrogens with one attached hydrogen (secondary N) is 1. The number of nitrogens with zero attached hydrogens (tertiary/aromatic N) is 1. The van der Waals surface area contributed by atoms with Crippen LogP contribution in [-0.2, 0) is 4.79 Å². The quantitative estimate of drug-likeness (QED) is 0.761. The summed E-state index contributed by atoms with van der Waals surface area (Å²) in [6.07, 6.45) is 2.77. The molecule has 124 valence electrons. The van der Waals surface area contributed by atoms with Crippen molar-refractivity contribution in [2.24, 2.45) is 0 Å². The van der Waals surface area contributed by atoms with Crippen LogP contribution < -0.4 is 5.32 Å². The van der Waals surface area contributed by atoms with Crippen molar-refractivity contribution in [3.05, 3.63) is 59.8 Å². The lowest BCUT2D eigenvalue weighted by molar-refractivity contribution is -0.121. The Balaban J connectivity index is 1.98. The van der Waals surface area contributed by atoms with Crippen LogP contribution in [0.1, 0.15) is 30.1 Å². The molecule has 2 aromatic rings. The second-order valence-electron chi connectivity index (χ2n) is 5.83. The zero-order valence-electron chi connectivity index (χ0n) is 13.6. The molecule has 1 atom stereocenters. The van der Waals surface area contributed by atoms with Gasteiger partial charge in [-0.05, 0) is 56.9 Å². The molecular weight excluding hydrogens is 295 g/mol. The Kier molecular flexibility index (Phi) is 6.35. The molecule has 5 heteroatoms. The molecule has 1 N–H and O–H groups in total. The summed E-state index contributed by atoms with van der Waals surface area (Å²) < 4.78 is 18.6. The van der Waals surface area contributed by atoms with Crippen molar-refractivity contribution in [2.75, 3.05) is 27.2 Å². The number of hydrogen-bond acceptors (Lipinski definition) is 3. The first-order chi connectivity index (χ1) is 11.1. The minimum atomic E-state index is -0.292. The Hall–Kier alpha value is -2.14. The van der Waals surface area contributed by atoms with Crippen LogP contribution >= 0.6 is 0 Å². The van der Waals surface area contributed by atoms with Crippen molar-refractivity contribution in [1.29, 1.82) is 0 Å². The Labute approximate surface area is 136 Å². The van der Waals surface area contributed by atoms with Crippen LogP contribution in [0, 0.1) is 5.82 Å². The molecule has 1 heterocycles. The largest absolute Gasteiger partial charge is 0.469 e. The molecule has 1 aromatic heterocycles. The van der Waals surface area contributed by atoms with Crippen LogP contribution in [0.5, 0.6) is 0 Å². The highest BCUT2D eigenvalue weighted by molar-refractivity contribution is 5.77. The summed E-state index contributed by atoms with van der Waals surface area (Å²) in [4.78, 5) is 14.3. The Bertz CT molecular complexity index is 594. The molecule has 4 nitrogen and oxygen atoms in total. The SMILES string of the molecule is CN(C)CCCNC(=O)C[C@@H](c1ccc(F)cc1)c1ccco1. The van der Waals surface area contributed by atoms with E-state index in [0.717, 1.165) is 18.5 Å². The van der Waals surface area contributed by atoms with Crippen molar-refractivity contribution in [1.82, 2.24) is 10.2 Å². The number of furan rings is 1. The lowest BCUT2D eigenvalue weighted by Crippen LogP contribution is -2.28. The molecule has 2 rings (SSSR count). The van der Waals surface area contributed by atoms with Crippen LogP contribution in [0.25, 0.3) is 0 Å². The van der Waals surface area contributed by atoms with Gasteiger partial charge in [0, 0.05) is 13.0 Å². The normalized spacial score (nSPS) is 12.3. The number of carbonyl (C=O) groups is 1. The van der Waals surface area contributed by atoms with E-state index >= 15 is 0 Å². The molecule has 0 bridgehead atoms. The number of amides is 1. The number of halogens is 1. The third-order valence-corrected chi connectivity index (χ3v) is 3.65. The molecule has 23 heavy (non-hydrogen) atoms. The second-order valence-corrected chi connectivity index (χ2v) is 5.83. The first kappa shape index (κ1) is 17.2. The van der Waals surface area contributed by atoms with E-state index in [9.17, 15) is 9.18 Å². The first-order valence-electron chi connectivity index (χ1n) is 7.76. The fourth-order valence-electron chi connectivity index (χ4n) is 2.45. The molecule has 0 aliphatic heterocycles. The van der Waals surface area contributed by atoms with E-state index in [1.165, 1.54) is 12.1 Å². The minimum absolute atomic E-state index is 0.0329. The van der Waals surface area contributed by atoms with Gasteiger partial charge in [0.05, 0.1) is 12.2 Å². The summed E-state index contributed by atoms with van der Waals surface area (Å²) in [5.74, 6) is 0.175. The van der Waals surface area contributed by atoms with Gasteiger partial charge in [-0.25, -0.2) is 4.39 Å². The summed E-state index contributed by atoms with van der Waals surface area (Å²) in [6.45, 7) is 1.57. The maximum atomic E-state index is 13.1. The molecule has 1 amide bonds. The number of benzene rings is 1. The third-order valence-electron chi connectivity index (χ3n) is 3.65.